The van der Waals surface area contributed by atoms with Gasteiger partial charge in [0.05, 0.1) is 5.60 Å². The van der Waals surface area contributed by atoms with Gasteiger partial charge in [0.25, 0.3) is 0 Å². The van der Waals surface area contributed by atoms with Crippen LogP contribution in [0.2, 0.25) is 5.02 Å². The number of carbonyl (C=O) groups is 1. The number of rotatable bonds is 2. The largest absolute Gasteiger partial charge is 0.444 e. The molecule has 4 nitrogen and oxygen atoms in total. The summed E-state index contributed by atoms with van der Waals surface area (Å²) in [7, 11) is 0. The second-order valence-corrected chi connectivity index (χ2v) is 7.37. The average Bonchev–Trinajstić information content (AvgIpc) is 2.40. The molecule has 1 amide bonds. The maximum Gasteiger partial charge on any atom is 0.410 e. The quantitative estimate of drug-likeness (QED) is 0.903. The Hall–Kier alpha value is -1.26. The summed E-state index contributed by atoms with van der Waals surface area (Å²) in [6.45, 7) is 6.54. The van der Waals surface area contributed by atoms with Crippen molar-refractivity contribution in [2.75, 3.05) is 13.1 Å². The summed E-state index contributed by atoms with van der Waals surface area (Å²) in [4.78, 5) is 13.7. The fourth-order valence-corrected chi connectivity index (χ4v) is 2.81. The van der Waals surface area contributed by atoms with Gasteiger partial charge in [-0.2, -0.15) is 0 Å². The van der Waals surface area contributed by atoms with Crippen LogP contribution >= 0.6 is 11.6 Å². The van der Waals surface area contributed by atoms with E-state index in [-0.39, 0.29) is 6.09 Å². The number of benzene rings is 1. The summed E-state index contributed by atoms with van der Waals surface area (Å²) in [5, 5.41) is 11.4. The normalized spacial score (nSPS) is 18.1. The lowest BCUT2D eigenvalue weighted by Crippen LogP contribution is -2.49. The summed E-state index contributed by atoms with van der Waals surface area (Å²) in [5.74, 6) is 0. The van der Waals surface area contributed by atoms with E-state index < -0.39 is 11.2 Å². The number of likely N-dealkylation sites (tertiary alicyclic amines) is 1. The first-order chi connectivity index (χ1) is 10.2. The molecule has 0 unspecified atom stereocenters. The number of hydrogen-bond donors (Lipinski definition) is 1. The zero-order valence-electron chi connectivity index (χ0n) is 13.4. The predicted octanol–water partition coefficient (Wildman–Crippen LogP) is 3.64. The average molecular weight is 326 g/mol. The second-order valence-electron chi connectivity index (χ2n) is 6.96. The molecule has 5 heteroatoms. The molecule has 0 saturated carbocycles. The summed E-state index contributed by atoms with van der Waals surface area (Å²) in [6, 6.07) is 7.55. The van der Waals surface area contributed by atoms with Crippen molar-refractivity contribution in [3.8, 4) is 0 Å². The molecule has 1 aromatic carbocycles. The van der Waals surface area contributed by atoms with E-state index in [1.165, 1.54) is 0 Å². The van der Waals surface area contributed by atoms with Crippen LogP contribution in [0.5, 0.6) is 0 Å². The van der Waals surface area contributed by atoms with Crippen molar-refractivity contribution in [3.63, 3.8) is 0 Å². The van der Waals surface area contributed by atoms with Gasteiger partial charge >= 0.3 is 6.09 Å². The van der Waals surface area contributed by atoms with E-state index in [1.807, 2.05) is 45.0 Å². The Kier molecular flexibility index (Phi) is 5.03. The third-order valence-corrected chi connectivity index (χ3v) is 4.19. The molecule has 0 aromatic heterocycles. The predicted molar refractivity (Wildman–Crippen MR) is 87.1 cm³/mol. The lowest BCUT2D eigenvalue weighted by atomic mass is 9.85. The Balaban J connectivity index is 1.93. The van der Waals surface area contributed by atoms with Gasteiger partial charge in [0.15, 0.2) is 0 Å². The first-order valence-electron chi connectivity index (χ1n) is 7.62. The molecule has 122 valence electrons. The smallest absolute Gasteiger partial charge is 0.410 e. The highest BCUT2D eigenvalue weighted by Gasteiger charge is 2.35. The van der Waals surface area contributed by atoms with Gasteiger partial charge < -0.3 is 14.7 Å². The van der Waals surface area contributed by atoms with Crippen molar-refractivity contribution in [2.45, 2.75) is 51.2 Å². The van der Waals surface area contributed by atoms with Crippen LogP contribution < -0.4 is 0 Å². The van der Waals surface area contributed by atoms with Gasteiger partial charge in [0.2, 0.25) is 0 Å². The van der Waals surface area contributed by atoms with Crippen LogP contribution in [-0.4, -0.2) is 40.4 Å². The minimum Gasteiger partial charge on any atom is -0.444 e. The minimum absolute atomic E-state index is 0.313. The number of amides is 1. The van der Waals surface area contributed by atoms with Crippen molar-refractivity contribution in [2.24, 2.45) is 0 Å². The van der Waals surface area contributed by atoms with E-state index in [2.05, 4.69) is 0 Å². The third-order valence-electron chi connectivity index (χ3n) is 3.82. The molecular weight excluding hydrogens is 302 g/mol. The highest BCUT2D eigenvalue weighted by Crippen LogP contribution is 2.29. The van der Waals surface area contributed by atoms with Gasteiger partial charge in [0, 0.05) is 24.5 Å². The summed E-state index contributed by atoms with van der Waals surface area (Å²) >= 11 is 6.16. The maximum absolute atomic E-state index is 12.0. The highest BCUT2D eigenvalue weighted by molar-refractivity contribution is 6.31. The maximum atomic E-state index is 12.0. The number of piperidine rings is 1. The number of halogens is 1. The van der Waals surface area contributed by atoms with Crippen molar-refractivity contribution in [1.82, 2.24) is 4.90 Å². The van der Waals surface area contributed by atoms with Crippen LogP contribution in [0.3, 0.4) is 0 Å². The van der Waals surface area contributed by atoms with Gasteiger partial charge in [-0.3, -0.25) is 0 Å². The molecule has 0 aliphatic carbocycles. The molecule has 1 heterocycles. The van der Waals surface area contributed by atoms with Gasteiger partial charge in [-0.15, -0.1) is 0 Å². The molecule has 1 fully saturated rings. The Bertz CT molecular complexity index is 531. The fraction of sp³-hybridized carbons (Fsp3) is 0.588. The van der Waals surface area contributed by atoms with Gasteiger partial charge in [-0.25, -0.2) is 4.79 Å². The van der Waals surface area contributed by atoms with Crippen LogP contribution in [0, 0.1) is 0 Å². The standard InChI is InChI=1S/C17H24ClNO3/c1-16(2,3)22-15(20)19-10-8-17(21,9-11-19)12-13-6-4-5-7-14(13)18/h4-7,21H,8-12H2,1-3H3. The topological polar surface area (TPSA) is 49.8 Å². The van der Waals surface area contributed by atoms with Crippen LogP contribution in [0.15, 0.2) is 24.3 Å². The zero-order chi connectivity index (χ0) is 16.4. The van der Waals surface area contributed by atoms with E-state index in [9.17, 15) is 9.90 Å². The lowest BCUT2D eigenvalue weighted by molar-refractivity contribution is -0.0315. The highest BCUT2D eigenvalue weighted by atomic mass is 35.5. The zero-order valence-corrected chi connectivity index (χ0v) is 14.2. The summed E-state index contributed by atoms with van der Waals surface area (Å²) in [5.41, 5.74) is -0.372. The second kappa shape index (κ2) is 6.47. The molecule has 0 spiro atoms. The van der Waals surface area contributed by atoms with Crippen molar-refractivity contribution >= 4 is 17.7 Å². The molecular formula is C17H24ClNO3. The first kappa shape index (κ1) is 17.1. The van der Waals surface area contributed by atoms with Gasteiger partial charge in [-0.1, -0.05) is 29.8 Å². The number of aliphatic hydroxyl groups is 1. The van der Waals surface area contributed by atoms with Crippen molar-refractivity contribution < 1.29 is 14.6 Å². The van der Waals surface area contributed by atoms with Crippen LogP contribution in [0.25, 0.3) is 0 Å². The number of hydrogen-bond acceptors (Lipinski definition) is 3. The third kappa shape index (κ3) is 4.62. The van der Waals surface area contributed by atoms with Crippen LogP contribution in [0.1, 0.15) is 39.2 Å². The molecule has 0 bridgehead atoms. The number of nitrogens with zero attached hydrogens (tertiary/aromatic N) is 1. The summed E-state index contributed by atoms with van der Waals surface area (Å²) in [6.07, 6.45) is 1.25. The molecule has 1 aliphatic heterocycles. The van der Waals surface area contributed by atoms with E-state index in [1.54, 1.807) is 4.90 Å². The van der Waals surface area contributed by atoms with E-state index in [0.29, 0.717) is 37.4 Å². The number of ether oxygens (including phenoxy) is 1. The van der Waals surface area contributed by atoms with Gasteiger partial charge in [0.1, 0.15) is 5.60 Å². The molecule has 1 saturated heterocycles. The van der Waals surface area contributed by atoms with Crippen molar-refractivity contribution in [1.29, 1.82) is 0 Å². The molecule has 1 aromatic rings. The number of carbonyl (C=O) groups excluding carboxylic acids is 1. The van der Waals surface area contributed by atoms with Crippen LogP contribution in [-0.2, 0) is 11.2 Å². The molecule has 0 radical (unpaired) electrons. The Labute approximate surface area is 137 Å². The Morgan fingerprint density at radius 3 is 2.45 bits per heavy atom. The molecule has 0 atom stereocenters. The van der Waals surface area contributed by atoms with Crippen molar-refractivity contribution in [3.05, 3.63) is 34.9 Å². The lowest BCUT2D eigenvalue weighted by Gasteiger charge is -2.38. The first-order valence-corrected chi connectivity index (χ1v) is 8.00. The molecule has 2 rings (SSSR count). The SMILES string of the molecule is CC(C)(C)OC(=O)N1CCC(O)(Cc2ccccc2Cl)CC1. The minimum atomic E-state index is -0.816. The summed E-state index contributed by atoms with van der Waals surface area (Å²) < 4.78 is 5.37. The molecule has 1 N–H and O–H groups in total. The molecule has 22 heavy (non-hydrogen) atoms. The Morgan fingerprint density at radius 2 is 1.91 bits per heavy atom. The van der Waals surface area contributed by atoms with E-state index in [4.69, 9.17) is 16.3 Å². The Morgan fingerprint density at radius 1 is 1.32 bits per heavy atom. The van der Waals surface area contributed by atoms with Gasteiger partial charge in [-0.05, 0) is 45.2 Å². The van der Waals surface area contributed by atoms with E-state index >= 15 is 0 Å². The fourth-order valence-electron chi connectivity index (χ4n) is 2.61. The van der Waals surface area contributed by atoms with Crippen LogP contribution in [0.4, 0.5) is 4.79 Å². The molecule has 1 aliphatic rings. The van der Waals surface area contributed by atoms with E-state index in [0.717, 1.165) is 5.56 Å². The monoisotopic (exact) mass is 325 g/mol.